The number of methoxy groups -OCH3 is 1. The SMILES string of the molecule is CCCNC(CSC)c1ccccc1OC. The zero-order valence-corrected chi connectivity index (χ0v) is 11.1. The van der Waals surface area contributed by atoms with Gasteiger partial charge in [-0.05, 0) is 25.3 Å². The molecule has 16 heavy (non-hydrogen) atoms. The topological polar surface area (TPSA) is 21.3 Å². The maximum absolute atomic E-state index is 5.40. The minimum atomic E-state index is 0.381. The number of hydrogen-bond acceptors (Lipinski definition) is 3. The third-order valence-electron chi connectivity index (χ3n) is 2.49. The van der Waals surface area contributed by atoms with Gasteiger partial charge in [0.05, 0.1) is 7.11 Å². The van der Waals surface area contributed by atoms with Gasteiger partial charge in [0.15, 0.2) is 0 Å². The van der Waals surface area contributed by atoms with Crippen molar-refractivity contribution in [2.75, 3.05) is 25.7 Å². The van der Waals surface area contributed by atoms with Gasteiger partial charge in [0.25, 0.3) is 0 Å². The Morgan fingerprint density at radius 2 is 2.12 bits per heavy atom. The molecule has 0 aliphatic heterocycles. The predicted octanol–water partition coefficient (Wildman–Crippen LogP) is 3.10. The maximum atomic E-state index is 5.40. The second kappa shape index (κ2) is 7.58. The molecule has 0 bridgehead atoms. The summed E-state index contributed by atoms with van der Waals surface area (Å²) in [5.74, 6) is 2.05. The van der Waals surface area contributed by atoms with Crippen LogP contribution in [-0.4, -0.2) is 25.7 Å². The van der Waals surface area contributed by atoms with Crippen LogP contribution < -0.4 is 10.1 Å². The molecule has 1 aromatic carbocycles. The largest absolute Gasteiger partial charge is 0.496 e. The number of hydrogen-bond donors (Lipinski definition) is 1. The fraction of sp³-hybridized carbons (Fsp3) is 0.538. The van der Waals surface area contributed by atoms with Crippen molar-refractivity contribution in [3.63, 3.8) is 0 Å². The summed E-state index contributed by atoms with van der Waals surface area (Å²) < 4.78 is 5.40. The van der Waals surface area contributed by atoms with E-state index in [2.05, 4.69) is 30.6 Å². The van der Waals surface area contributed by atoms with Crippen LogP contribution >= 0.6 is 11.8 Å². The molecule has 0 radical (unpaired) electrons. The molecule has 0 fully saturated rings. The number of ether oxygens (including phenoxy) is 1. The van der Waals surface area contributed by atoms with Crippen LogP contribution in [0.1, 0.15) is 24.9 Å². The van der Waals surface area contributed by atoms with Crippen molar-refractivity contribution in [2.24, 2.45) is 0 Å². The van der Waals surface area contributed by atoms with Crippen LogP contribution in [0.15, 0.2) is 24.3 Å². The molecule has 2 nitrogen and oxygen atoms in total. The van der Waals surface area contributed by atoms with E-state index in [4.69, 9.17) is 4.74 Å². The average molecular weight is 239 g/mol. The Morgan fingerprint density at radius 1 is 1.38 bits per heavy atom. The van der Waals surface area contributed by atoms with Crippen LogP contribution in [0.25, 0.3) is 0 Å². The standard InChI is InChI=1S/C13H21NOS/c1-4-9-14-12(10-16-3)11-7-5-6-8-13(11)15-2/h5-8,12,14H,4,9-10H2,1-3H3. The second-order valence-electron chi connectivity index (χ2n) is 3.70. The Hall–Kier alpha value is -0.670. The van der Waals surface area contributed by atoms with E-state index >= 15 is 0 Å². The molecule has 0 aromatic heterocycles. The van der Waals surface area contributed by atoms with Gasteiger partial charge in [-0.25, -0.2) is 0 Å². The van der Waals surface area contributed by atoms with Crippen molar-refractivity contribution < 1.29 is 4.74 Å². The van der Waals surface area contributed by atoms with E-state index < -0.39 is 0 Å². The average Bonchev–Trinajstić information content (AvgIpc) is 2.34. The molecule has 1 rings (SSSR count). The van der Waals surface area contributed by atoms with Crippen LogP contribution in [0, 0.1) is 0 Å². The molecule has 1 aromatic rings. The highest BCUT2D eigenvalue weighted by molar-refractivity contribution is 7.98. The van der Waals surface area contributed by atoms with Gasteiger partial charge in [-0.1, -0.05) is 25.1 Å². The molecule has 0 spiro atoms. The number of benzene rings is 1. The first-order chi connectivity index (χ1) is 7.83. The van der Waals surface area contributed by atoms with Crippen LogP contribution in [-0.2, 0) is 0 Å². The van der Waals surface area contributed by atoms with E-state index in [0.717, 1.165) is 24.5 Å². The molecule has 0 aliphatic carbocycles. The van der Waals surface area contributed by atoms with Crippen LogP contribution in [0.4, 0.5) is 0 Å². The van der Waals surface area contributed by atoms with Crippen LogP contribution in [0.5, 0.6) is 5.75 Å². The normalized spacial score (nSPS) is 12.4. The first-order valence-corrected chi connectivity index (χ1v) is 7.08. The zero-order chi connectivity index (χ0) is 11.8. The summed E-state index contributed by atoms with van der Waals surface area (Å²) >= 11 is 1.86. The quantitative estimate of drug-likeness (QED) is 0.790. The summed E-state index contributed by atoms with van der Waals surface area (Å²) in [5, 5.41) is 3.56. The summed E-state index contributed by atoms with van der Waals surface area (Å²) in [6.45, 7) is 3.23. The molecule has 0 heterocycles. The highest BCUT2D eigenvalue weighted by atomic mass is 32.2. The Bertz CT molecular complexity index is 304. The van der Waals surface area contributed by atoms with Crippen molar-refractivity contribution >= 4 is 11.8 Å². The summed E-state index contributed by atoms with van der Waals surface area (Å²) in [4.78, 5) is 0. The van der Waals surface area contributed by atoms with Gasteiger partial charge in [-0.3, -0.25) is 0 Å². The van der Waals surface area contributed by atoms with E-state index in [1.165, 1.54) is 5.56 Å². The van der Waals surface area contributed by atoms with Crippen molar-refractivity contribution in [3.8, 4) is 5.75 Å². The lowest BCUT2D eigenvalue weighted by molar-refractivity contribution is 0.402. The zero-order valence-electron chi connectivity index (χ0n) is 10.3. The Morgan fingerprint density at radius 3 is 2.75 bits per heavy atom. The first kappa shape index (κ1) is 13.4. The summed E-state index contributed by atoms with van der Waals surface area (Å²) in [5.41, 5.74) is 1.26. The van der Waals surface area contributed by atoms with Gasteiger partial charge < -0.3 is 10.1 Å². The Balaban J connectivity index is 2.81. The van der Waals surface area contributed by atoms with Gasteiger partial charge in [-0.15, -0.1) is 0 Å². The smallest absolute Gasteiger partial charge is 0.123 e. The predicted molar refractivity (Wildman–Crippen MR) is 72.4 cm³/mol. The van der Waals surface area contributed by atoms with Crippen LogP contribution in [0.3, 0.4) is 0 Å². The van der Waals surface area contributed by atoms with E-state index in [-0.39, 0.29) is 0 Å². The highest BCUT2D eigenvalue weighted by Crippen LogP contribution is 2.26. The van der Waals surface area contributed by atoms with Gasteiger partial charge in [0.1, 0.15) is 5.75 Å². The molecule has 1 atom stereocenters. The van der Waals surface area contributed by atoms with E-state index in [1.807, 2.05) is 23.9 Å². The fourth-order valence-corrected chi connectivity index (χ4v) is 2.33. The van der Waals surface area contributed by atoms with E-state index in [9.17, 15) is 0 Å². The van der Waals surface area contributed by atoms with Crippen LogP contribution in [0.2, 0.25) is 0 Å². The number of thioether (sulfide) groups is 1. The van der Waals surface area contributed by atoms with Crippen molar-refractivity contribution in [3.05, 3.63) is 29.8 Å². The second-order valence-corrected chi connectivity index (χ2v) is 4.61. The minimum absolute atomic E-state index is 0.381. The monoisotopic (exact) mass is 239 g/mol. The van der Waals surface area contributed by atoms with Gasteiger partial charge >= 0.3 is 0 Å². The molecule has 90 valence electrons. The molecule has 1 N–H and O–H groups in total. The third-order valence-corrected chi connectivity index (χ3v) is 3.16. The lowest BCUT2D eigenvalue weighted by Gasteiger charge is -2.20. The van der Waals surface area contributed by atoms with Gasteiger partial charge in [-0.2, -0.15) is 11.8 Å². The van der Waals surface area contributed by atoms with Crippen molar-refractivity contribution in [1.29, 1.82) is 0 Å². The number of rotatable bonds is 7. The minimum Gasteiger partial charge on any atom is -0.496 e. The summed E-state index contributed by atoms with van der Waals surface area (Å²) in [7, 11) is 1.73. The van der Waals surface area contributed by atoms with E-state index in [1.54, 1.807) is 7.11 Å². The first-order valence-electron chi connectivity index (χ1n) is 5.68. The Kier molecular flexibility index (Phi) is 6.34. The molecular weight excluding hydrogens is 218 g/mol. The van der Waals surface area contributed by atoms with Gasteiger partial charge in [0.2, 0.25) is 0 Å². The summed E-state index contributed by atoms with van der Waals surface area (Å²) in [6.07, 6.45) is 3.29. The molecule has 0 aliphatic rings. The lowest BCUT2D eigenvalue weighted by atomic mass is 10.1. The molecule has 1 unspecified atom stereocenters. The maximum Gasteiger partial charge on any atom is 0.123 e. The summed E-state index contributed by atoms with van der Waals surface area (Å²) in [6, 6.07) is 8.63. The third kappa shape index (κ3) is 3.72. The van der Waals surface area contributed by atoms with Crippen molar-refractivity contribution in [2.45, 2.75) is 19.4 Å². The number of para-hydroxylation sites is 1. The van der Waals surface area contributed by atoms with E-state index in [0.29, 0.717) is 6.04 Å². The lowest BCUT2D eigenvalue weighted by Crippen LogP contribution is -2.24. The molecule has 0 saturated carbocycles. The fourth-order valence-electron chi connectivity index (χ4n) is 1.70. The highest BCUT2D eigenvalue weighted by Gasteiger charge is 2.13. The Labute approximate surface area is 103 Å². The molecule has 0 saturated heterocycles. The van der Waals surface area contributed by atoms with Gasteiger partial charge in [0, 0.05) is 17.4 Å². The molecule has 3 heteroatoms. The molecule has 0 amide bonds. The molecular formula is C13H21NOS. The number of nitrogens with one attached hydrogen (secondary N) is 1. The van der Waals surface area contributed by atoms with Crippen molar-refractivity contribution in [1.82, 2.24) is 5.32 Å².